The Bertz CT molecular complexity index is 473. The number of aromatic nitrogens is 2. The van der Waals surface area contributed by atoms with E-state index >= 15 is 0 Å². The third-order valence-electron chi connectivity index (χ3n) is 2.04. The zero-order valence-corrected chi connectivity index (χ0v) is 8.84. The second kappa shape index (κ2) is 4.48. The Morgan fingerprint density at radius 3 is 2.62 bits per heavy atom. The van der Waals surface area contributed by atoms with Gasteiger partial charge in [-0.05, 0) is 12.1 Å². The summed E-state index contributed by atoms with van der Waals surface area (Å²) in [6.07, 6.45) is 1.40. The molecule has 0 saturated carbocycles. The van der Waals surface area contributed by atoms with Crippen molar-refractivity contribution < 1.29 is 4.74 Å². The summed E-state index contributed by atoms with van der Waals surface area (Å²) < 4.78 is 5.54. The number of nitrogen functional groups attached to an aromatic ring is 1. The van der Waals surface area contributed by atoms with Gasteiger partial charge in [-0.1, -0.05) is 18.2 Å². The monoisotopic (exact) mass is 216 g/mol. The largest absolute Gasteiger partial charge is 0.437 e. The average Bonchev–Trinajstić information content (AvgIpc) is 2.33. The molecule has 3 N–H and O–H groups in total. The van der Waals surface area contributed by atoms with E-state index < -0.39 is 0 Å². The summed E-state index contributed by atoms with van der Waals surface area (Å²) in [6.45, 7) is 0. The van der Waals surface area contributed by atoms with Gasteiger partial charge in [0.1, 0.15) is 17.8 Å². The minimum Gasteiger partial charge on any atom is -0.437 e. The number of ether oxygens (including phenoxy) is 1. The molecule has 0 unspecified atom stereocenters. The molecule has 0 fully saturated rings. The van der Waals surface area contributed by atoms with E-state index in [0.29, 0.717) is 23.1 Å². The fraction of sp³-hybridized carbons (Fsp3) is 0.0909. The average molecular weight is 216 g/mol. The molecular weight excluding hydrogens is 204 g/mol. The zero-order valence-electron chi connectivity index (χ0n) is 8.84. The number of benzene rings is 1. The molecule has 1 aromatic heterocycles. The summed E-state index contributed by atoms with van der Waals surface area (Å²) in [5.41, 5.74) is 6.23. The second-order valence-electron chi connectivity index (χ2n) is 3.11. The van der Waals surface area contributed by atoms with Crippen molar-refractivity contribution in [2.75, 3.05) is 18.1 Å². The molecule has 82 valence electrons. The molecule has 2 aromatic rings. The molecule has 5 heteroatoms. The fourth-order valence-electron chi connectivity index (χ4n) is 1.26. The van der Waals surface area contributed by atoms with Gasteiger partial charge in [-0.15, -0.1) is 0 Å². The van der Waals surface area contributed by atoms with E-state index in [1.54, 1.807) is 7.05 Å². The molecule has 0 aliphatic heterocycles. The lowest BCUT2D eigenvalue weighted by atomic mass is 10.3. The number of hydrogen-bond acceptors (Lipinski definition) is 5. The quantitative estimate of drug-likeness (QED) is 0.819. The van der Waals surface area contributed by atoms with Crippen LogP contribution in [0.2, 0.25) is 0 Å². The van der Waals surface area contributed by atoms with Gasteiger partial charge in [0.05, 0.1) is 0 Å². The van der Waals surface area contributed by atoms with Crippen molar-refractivity contribution in [2.24, 2.45) is 0 Å². The summed E-state index contributed by atoms with van der Waals surface area (Å²) in [6, 6.07) is 9.34. The highest BCUT2D eigenvalue weighted by atomic mass is 16.5. The first-order chi connectivity index (χ1) is 7.81. The lowest BCUT2D eigenvalue weighted by molar-refractivity contribution is 0.464. The molecule has 0 spiro atoms. The van der Waals surface area contributed by atoms with E-state index in [4.69, 9.17) is 10.5 Å². The summed E-state index contributed by atoms with van der Waals surface area (Å²) in [5.74, 6) is 1.60. The molecule has 1 aromatic carbocycles. The molecule has 5 nitrogen and oxygen atoms in total. The Kier molecular flexibility index (Phi) is 2.86. The maximum Gasteiger partial charge on any atom is 0.248 e. The molecule has 0 radical (unpaired) electrons. The first-order valence-electron chi connectivity index (χ1n) is 4.82. The van der Waals surface area contributed by atoms with Gasteiger partial charge >= 0.3 is 0 Å². The van der Waals surface area contributed by atoms with Gasteiger partial charge < -0.3 is 15.8 Å². The SMILES string of the molecule is CNc1ncnc(Oc2ccccc2)c1N. The molecule has 16 heavy (non-hydrogen) atoms. The second-order valence-corrected chi connectivity index (χ2v) is 3.11. The highest BCUT2D eigenvalue weighted by molar-refractivity contribution is 5.66. The third kappa shape index (κ3) is 2.03. The highest BCUT2D eigenvalue weighted by Gasteiger charge is 2.08. The van der Waals surface area contributed by atoms with Crippen molar-refractivity contribution >= 4 is 11.5 Å². The van der Waals surface area contributed by atoms with Crippen molar-refractivity contribution in [3.8, 4) is 11.6 Å². The van der Waals surface area contributed by atoms with E-state index in [-0.39, 0.29) is 0 Å². The van der Waals surface area contributed by atoms with Crippen LogP contribution in [0.25, 0.3) is 0 Å². The number of hydrogen-bond donors (Lipinski definition) is 2. The van der Waals surface area contributed by atoms with Crippen LogP contribution in [-0.4, -0.2) is 17.0 Å². The Morgan fingerprint density at radius 1 is 1.19 bits per heavy atom. The van der Waals surface area contributed by atoms with Crippen molar-refractivity contribution in [2.45, 2.75) is 0 Å². The van der Waals surface area contributed by atoms with E-state index in [2.05, 4.69) is 15.3 Å². The standard InChI is InChI=1S/C11H12N4O/c1-13-10-9(12)11(15-7-14-10)16-8-5-3-2-4-6-8/h2-7H,12H2,1H3,(H,13,14,15). The molecule has 2 rings (SSSR count). The molecule has 0 aliphatic carbocycles. The van der Waals surface area contributed by atoms with Gasteiger partial charge in [0.2, 0.25) is 5.88 Å². The topological polar surface area (TPSA) is 73.1 Å². The maximum absolute atomic E-state index is 5.83. The van der Waals surface area contributed by atoms with Crippen LogP contribution < -0.4 is 15.8 Å². The van der Waals surface area contributed by atoms with E-state index in [1.165, 1.54) is 6.33 Å². The van der Waals surface area contributed by atoms with Crippen molar-refractivity contribution in [3.05, 3.63) is 36.7 Å². The van der Waals surface area contributed by atoms with Crippen LogP contribution in [0.3, 0.4) is 0 Å². The van der Waals surface area contributed by atoms with Gasteiger partial charge in [-0.2, -0.15) is 4.98 Å². The van der Waals surface area contributed by atoms with Crippen LogP contribution in [0.15, 0.2) is 36.7 Å². The Hall–Kier alpha value is -2.30. The number of para-hydroxylation sites is 1. The minimum absolute atomic E-state index is 0.352. The van der Waals surface area contributed by atoms with Gasteiger partial charge in [-0.25, -0.2) is 4.98 Å². The highest BCUT2D eigenvalue weighted by Crippen LogP contribution is 2.28. The fourth-order valence-corrected chi connectivity index (χ4v) is 1.26. The predicted molar refractivity (Wildman–Crippen MR) is 62.5 cm³/mol. The molecular formula is C11H12N4O. The van der Waals surface area contributed by atoms with Crippen molar-refractivity contribution in [1.29, 1.82) is 0 Å². The summed E-state index contributed by atoms with van der Waals surface area (Å²) in [7, 11) is 1.74. The Morgan fingerprint density at radius 2 is 1.94 bits per heavy atom. The minimum atomic E-state index is 0.352. The predicted octanol–water partition coefficient (Wildman–Crippen LogP) is 1.89. The van der Waals surface area contributed by atoms with Crippen molar-refractivity contribution in [3.63, 3.8) is 0 Å². The first-order valence-corrected chi connectivity index (χ1v) is 4.82. The van der Waals surface area contributed by atoms with Gasteiger partial charge in [0, 0.05) is 7.05 Å². The van der Waals surface area contributed by atoms with Crippen LogP contribution in [-0.2, 0) is 0 Å². The molecule has 0 amide bonds. The molecule has 0 bridgehead atoms. The van der Waals surface area contributed by atoms with Crippen molar-refractivity contribution in [1.82, 2.24) is 9.97 Å². The molecule has 0 saturated heterocycles. The van der Waals surface area contributed by atoms with E-state index in [9.17, 15) is 0 Å². The molecule has 0 atom stereocenters. The summed E-state index contributed by atoms with van der Waals surface area (Å²) in [4.78, 5) is 7.96. The third-order valence-corrected chi connectivity index (χ3v) is 2.04. The van der Waals surface area contributed by atoms with Crippen LogP contribution in [0.5, 0.6) is 11.6 Å². The van der Waals surface area contributed by atoms with Gasteiger partial charge in [-0.3, -0.25) is 0 Å². The summed E-state index contributed by atoms with van der Waals surface area (Å²) >= 11 is 0. The normalized spacial score (nSPS) is 9.81. The first kappa shape index (κ1) is 10.2. The van der Waals surface area contributed by atoms with Gasteiger partial charge in [0.25, 0.3) is 0 Å². The van der Waals surface area contributed by atoms with Crippen LogP contribution in [0.1, 0.15) is 0 Å². The zero-order chi connectivity index (χ0) is 11.4. The van der Waals surface area contributed by atoms with Crippen LogP contribution >= 0.6 is 0 Å². The van der Waals surface area contributed by atoms with Gasteiger partial charge in [0.15, 0.2) is 5.82 Å². The van der Waals surface area contributed by atoms with E-state index in [0.717, 1.165) is 0 Å². The number of rotatable bonds is 3. The smallest absolute Gasteiger partial charge is 0.248 e. The summed E-state index contributed by atoms with van der Waals surface area (Å²) in [5, 5.41) is 2.87. The molecule has 0 aliphatic rings. The lowest BCUT2D eigenvalue weighted by Gasteiger charge is -2.09. The Labute approximate surface area is 93.3 Å². The lowest BCUT2D eigenvalue weighted by Crippen LogP contribution is -2.02. The number of nitrogens with two attached hydrogens (primary N) is 1. The van der Waals surface area contributed by atoms with Crippen LogP contribution in [0.4, 0.5) is 11.5 Å². The number of anilines is 2. The molecule has 1 heterocycles. The van der Waals surface area contributed by atoms with Crippen LogP contribution in [0, 0.1) is 0 Å². The maximum atomic E-state index is 5.83. The number of nitrogens with zero attached hydrogens (tertiary/aromatic N) is 2. The number of nitrogens with one attached hydrogen (secondary N) is 1. The van der Waals surface area contributed by atoms with E-state index in [1.807, 2.05) is 30.3 Å². The Balaban J connectivity index is 2.28.